The number of fused-ring (bicyclic) bond motifs is 1. The lowest BCUT2D eigenvalue weighted by molar-refractivity contribution is -0.128. The fourth-order valence-corrected chi connectivity index (χ4v) is 4.05. The molecular formula is C22H35N5O2. The van der Waals surface area contributed by atoms with E-state index in [1.165, 1.54) is 5.56 Å². The van der Waals surface area contributed by atoms with E-state index < -0.39 is 5.41 Å². The van der Waals surface area contributed by atoms with E-state index >= 15 is 0 Å². The number of ether oxygens (including phenoxy) is 1. The summed E-state index contributed by atoms with van der Waals surface area (Å²) in [7, 11) is 1.67. The molecule has 0 bridgehead atoms. The number of rotatable bonds is 6. The molecule has 1 amide bonds. The van der Waals surface area contributed by atoms with Gasteiger partial charge in [0.2, 0.25) is 5.91 Å². The summed E-state index contributed by atoms with van der Waals surface area (Å²) in [4.78, 5) is 21.7. The number of nitrogens with one attached hydrogen (secondary N) is 2. The molecule has 160 valence electrons. The Labute approximate surface area is 174 Å². The zero-order valence-corrected chi connectivity index (χ0v) is 18.1. The summed E-state index contributed by atoms with van der Waals surface area (Å²) in [5, 5.41) is 6.13. The van der Waals surface area contributed by atoms with Crippen molar-refractivity contribution in [2.45, 2.75) is 39.5 Å². The number of nitrogens with zero attached hydrogens (tertiary/aromatic N) is 3. The molecule has 1 aromatic rings. The van der Waals surface area contributed by atoms with Crippen molar-refractivity contribution in [1.29, 1.82) is 0 Å². The predicted molar refractivity (Wildman–Crippen MR) is 116 cm³/mol. The fourth-order valence-electron chi connectivity index (χ4n) is 4.05. The normalized spacial score (nSPS) is 23.0. The Balaban J connectivity index is 1.70. The van der Waals surface area contributed by atoms with Crippen LogP contribution in [0.1, 0.15) is 26.3 Å². The molecule has 29 heavy (non-hydrogen) atoms. The first-order chi connectivity index (χ1) is 13.9. The van der Waals surface area contributed by atoms with Crippen molar-refractivity contribution in [3.8, 4) is 0 Å². The Morgan fingerprint density at radius 1 is 1.28 bits per heavy atom. The molecular weight excluding hydrogens is 366 g/mol. The number of aliphatic imine (C=N–C) groups is 1. The average Bonchev–Trinajstić information content (AvgIpc) is 3.16. The third-order valence-electron chi connectivity index (χ3n) is 5.75. The predicted octanol–water partition coefficient (Wildman–Crippen LogP) is 1.31. The first kappa shape index (κ1) is 21.6. The third-order valence-corrected chi connectivity index (χ3v) is 5.75. The largest absolute Gasteiger partial charge is 0.373 e. The Kier molecular flexibility index (Phi) is 7.14. The number of benzene rings is 1. The number of carbonyl (C=O) groups is 1. The monoisotopic (exact) mass is 401 g/mol. The standard InChI is InChI=1S/C22H35N5O2/c1-5-24-21(25-16-22(2,3)20(28)23-4)27-14-18-19(15-27)29-12-11-26(18)13-17-9-7-6-8-10-17/h6-10,18-19H,5,11-16H2,1-4H3,(H,23,28)(H,24,25). The first-order valence-corrected chi connectivity index (χ1v) is 10.6. The number of amides is 1. The molecule has 2 N–H and O–H groups in total. The van der Waals surface area contributed by atoms with E-state index in [0.717, 1.165) is 45.3 Å². The zero-order valence-electron chi connectivity index (χ0n) is 18.1. The molecule has 0 aromatic heterocycles. The van der Waals surface area contributed by atoms with Crippen LogP contribution in [0.4, 0.5) is 0 Å². The van der Waals surface area contributed by atoms with E-state index in [2.05, 4.69) is 57.7 Å². The van der Waals surface area contributed by atoms with E-state index in [0.29, 0.717) is 12.6 Å². The Morgan fingerprint density at radius 3 is 2.72 bits per heavy atom. The number of likely N-dealkylation sites (tertiary alicyclic amines) is 1. The van der Waals surface area contributed by atoms with Crippen LogP contribution in [0.5, 0.6) is 0 Å². The van der Waals surface area contributed by atoms with Gasteiger partial charge in [-0.3, -0.25) is 14.7 Å². The lowest BCUT2D eigenvalue weighted by atomic mass is 9.93. The van der Waals surface area contributed by atoms with Crippen molar-refractivity contribution in [3.63, 3.8) is 0 Å². The minimum Gasteiger partial charge on any atom is -0.373 e. The van der Waals surface area contributed by atoms with Gasteiger partial charge in [-0.15, -0.1) is 0 Å². The van der Waals surface area contributed by atoms with Crippen LogP contribution in [0.25, 0.3) is 0 Å². The number of morpholine rings is 1. The summed E-state index contributed by atoms with van der Waals surface area (Å²) in [6.07, 6.45) is 0.184. The van der Waals surface area contributed by atoms with Crippen LogP contribution in [0, 0.1) is 5.41 Å². The molecule has 0 aliphatic carbocycles. The number of hydrogen-bond donors (Lipinski definition) is 2. The van der Waals surface area contributed by atoms with E-state index in [4.69, 9.17) is 9.73 Å². The topological polar surface area (TPSA) is 69.2 Å². The maximum atomic E-state index is 12.1. The number of hydrogen-bond acceptors (Lipinski definition) is 4. The zero-order chi connectivity index (χ0) is 20.9. The maximum Gasteiger partial charge on any atom is 0.227 e. The maximum absolute atomic E-state index is 12.1. The molecule has 2 saturated heterocycles. The smallest absolute Gasteiger partial charge is 0.227 e. The summed E-state index contributed by atoms with van der Waals surface area (Å²) in [5.74, 6) is 0.867. The van der Waals surface area contributed by atoms with Crippen molar-refractivity contribution >= 4 is 11.9 Å². The van der Waals surface area contributed by atoms with Gasteiger partial charge in [-0.1, -0.05) is 30.3 Å². The molecule has 2 atom stereocenters. The lowest BCUT2D eigenvalue weighted by Crippen LogP contribution is -2.50. The van der Waals surface area contributed by atoms with Crippen molar-refractivity contribution in [1.82, 2.24) is 20.4 Å². The van der Waals surface area contributed by atoms with Gasteiger partial charge >= 0.3 is 0 Å². The minimum atomic E-state index is -0.544. The van der Waals surface area contributed by atoms with Gasteiger partial charge in [-0.2, -0.15) is 0 Å². The molecule has 2 aliphatic rings. The van der Waals surface area contributed by atoms with E-state index in [9.17, 15) is 4.79 Å². The molecule has 2 fully saturated rings. The molecule has 2 unspecified atom stereocenters. The van der Waals surface area contributed by atoms with Gasteiger partial charge in [-0.25, -0.2) is 0 Å². The summed E-state index contributed by atoms with van der Waals surface area (Å²) in [5.41, 5.74) is 0.789. The van der Waals surface area contributed by atoms with Gasteiger partial charge < -0.3 is 20.3 Å². The highest BCUT2D eigenvalue weighted by Gasteiger charge is 2.41. The van der Waals surface area contributed by atoms with Crippen molar-refractivity contribution in [2.24, 2.45) is 10.4 Å². The number of carbonyl (C=O) groups excluding carboxylic acids is 1. The summed E-state index contributed by atoms with van der Waals surface area (Å²) < 4.78 is 6.10. The third kappa shape index (κ3) is 5.28. The summed E-state index contributed by atoms with van der Waals surface area (Å²) >= 11 is 0. The summed E-state index contributed by atoms with van der Waals surface area (Å²) in [6.45, 7) is 11.5. The van der Waals surface area contributed by atoms with E-state index in [1.54, 1.807) is 7.05 Å². The van der Waals surface area contributed by atoms with Crippen LogP contribution in [-0.2, 0) is 16.1 Å². The van der Waals surface area contributed by atoms with Crippen molar-refractivity contribution in [3.05, 3.63) is 35.9 Å². The molecule has 0 saturated carbocycles. The molecule has 7 nitrogen and oxygen atoms in total. The highest BCUT2D eigenvalue weighted by atomic mass is 16.5. The molecule has 3 rings (SSSR count). The van der Waals surface area contributed by atoms with Crippen LogP contribution in [-0.4, -0.2) is 80.2 Å². The SMILES string of the molecule is CCNC(=NCC(C)(C)C(=O)NC)N1CC2OCCN(Cc3ccccc3)C2C1. The molecule has 2 heterocycles. The second-order valence-corrected chi connectivity index (χ2v) is 8.47. The van der Waals surface area contributed by atoms with Crippen LogP contribution < -0.4 is 10.6 Å². The van der Waals surface area contributed by atoms with Crippen LogP contribution in [0.3, 0.4) is 0 Å². The Morgan fingerprint density at radius 2 is 2.03 bits per heavy atom. The van der Waals surface area contributed by atoms with E-state index in [-0.39, 0.29) is 12.0 Å². The van der Waals surface area contributed by atoms with Crippen LogP contribution in [0.15, 0.2) is 35.3 Å². The second-order valence-electron chi connectivity index (χ2n) is 8.47. The molecule has 7 heteroatoms. The van der Waals surface area contributed by atoms with Gasteiger partial charge in [0, 0.05) is 39.8 Å². The number of guanidine groups is 1. The molecule has 0 spiro atoms. The average molecular weight is 402 g/mol. The van der Waals surface area contributed by atoms with Crippen LogP contribution >= 0.6 is 0 Å². The van der Waals surface area contributed by atoms with E-state index in [1.807, 2.05) is 13.8 Å². The van der Waals surface area contributed by atoms with Gasteiger partial charge in [0.25, 0.3) is 0 Å². The minimum absolute atomic E-state index is 0.00422. The Bertz CT molecular complexity index is 706. The molecule has 1 aromatic carbocycles. The molecule has 2 aliphatic heterocycles. The highest BCUT2D eigenvalue weighted by molar-refractivity contribution is 5.83. The first-order valence-electron chi connectivity index (χ1n) is 10.6. The summed E-state index contributed by atoms with van der Waals surface area (Å²) in [6, 6.07) is 11.0. The van der Waals surface area contributed by atoms with Crippen molar-refractivity contribution in [2.75, 3.05) is 46.4 Å². The lowest BCUT2D eigenvalue weighted by Gasteiger charge is -2.36. The fraction of sp³-hybridized carbons (Fsp3) is 0.636. The van der Waals surface area contributed by atoms with Crippen LogP contribution in [0.2, 0.25) is 0 Å². The van der Waals surface area contributed by atoms with Gasteiger partial charge in [-0.05, 0) is 26.3 Å². The van der Waals surface area contributed by atoms with Gasteiger partial charge in [0.15, 0.2) is 5.96 Å². The molecule has 0 radical (unpaired) electrons. The Hall–Kier alpha value is -2.12. The van der Waals surface area contributed by atoms with Gasteiger partial charge in [0.1, 0.15) is 0 Å². The second kappa shape index (κ2) is 9.59. The van der Waals surface area contributed by atoms with Gasteiger partial charge in [0.05, 0.1) is 30.7 Å². The van der Waals surface area contributed by atoms with Crippen molar-refractivity contribution < 1.29 is 9.53 Å². The quantitative estimate of drug-likeness (QED) is 0.556. The highest BCUT2D eigenvalue weighted by Crippen LogP contribution is 2.25.